The molecule has 0 bridgehead atoms. The fourth-order valence-electron chi connectivity index (χ4n) is 3.53. The average Bonchev–Trinajstić information content (AvgIpc) is 3.29. The van der Waals surface area contributed by atoms with Crippen molar-refractivity contribution < 1.29 is 4.79 Å². The van der Waals surface area contributed by atoms with Gasteiger partial charge in [0.2, 0.25) is 0 Å². The number of nitrogens with one attached hydrogen (secondary N) is 1. The predicted octanol–water partition coefficient (Wildman–Crippen LogP) is 4.68. The Morgan fingerprint density at radius 1 is 1.07 bits per heavy atom. The van der Waals surface area contributed by atoms with Crippen molar-refractivity contribution in [2.75, 3.05) is 0 Å². The normalized spacial score (nSPS) is 12.1. The first-order chi connectivity index (χ1) is 14.1. The molecule has 4 rings (SSSR count). The third-order valence-electron chi connectivity index (χ3n) is 5.22. The summed E-state index contributed by atoms with van der Waals surface area (Å²) in [7, 11) is 1.72. The van der Waals surface area contributed by atoms with Gasteiger partial charge in [0.15, 0.2) is 0 Å². The number of para-hydroxylation sites is 1. The third-order valence-corrected chi connectivity index (χ3v) is 6.16. The molecule has 146 valence electrons. The Kier molecular flexibility index (Phi) is 5.32. The fraction of sp³-hybridized carbons (Fsp3) is 0.167. The summed E-state index contributed by atoms with van der Waals surface area (Å²) in [4.78, 5) is 26.7. The van der Waals surface area contributed by atoms with E-state index in [1.807, 2.05) is 41.8 Å². The minimum Gasteiger partial charge on any atom is -0.340 e. The van der Waals surface area contributed by atoms with E-state index in [-0.39, 0.29) is 17.5 Å². The van der Waals surface area contributed by atoms with E-state index in [4.69, 9.17) is 0 Å². The molecule has 0 aliphatic rings. The molecule has 2 aromatic heterocycles. The number of benzene rings is 2. The minimum atomic E-state index is -0.267. The van der Waals surface area contributed by atoms with Crippen molar-refractivity contribution in [2.45, 2.75) is 19.4 Å². The number of carbonyl (C=O) groups excluding carboxylic acids is 1. The van der Waals surface area contributed by atoms with Gasteiger partial charge in [0.25, 0.3) is 11.5 Å². The number of hydrogen-bond acceptors (Lipinski definition) is 3. The molecule has 29 heavy (non-hydrogen) atoms. The number of carbonyl (C=O) groups is 1. The van der Waals surface area contributed by atoms with Gasteiger partial charge in [-0.05, 0) is 35.1 Å². The molecule has 0 saturated carbocycles. The maximum absolute atomic E-state index is 13.3. The Bertz CT molecular complexity index is 1210. The zero-order chi connectivity index (χ0) is 20.4. The van der Waals surface area contributed by atoms with Crippen LogP contribution in [0.2, 0.25) is 0 Å². The van der Waals surface area contributed by atoms with Crippen molar-refractivity contribution in [3.8, 4) is 0 Å². The van der Waals surface area contributed by atoms with E-state index in [2.05, 4.69) is 36.5 Å². The van der Waals surface area contributed by atoms with Crippen LogP contribution in [0.15, 0.2) is 76.9 Å². The first-order valence-corrected chi connectivity index (χ1v) is 10.5. The lowest BCUT2D eigenvalue weighted by Crippen LogP contribution is -2.30. The summed E-state index contributed by atoms with van der Waals surface area (Å²) >= 11 is 1.60. The number of hydrogen-bond donors (Lipinski definition) is 1. The van der Waals surface area contributed by atoms with Crippen molar-refractivity contribution in [1.82, 2.24) is 9.88 Å². The highest BCUT2D eigenvalue weighted by atomic mass is 32.1. The van der Waals surface area contributed by atoms with Crippen molar-refractivity contribution in [3.05, 3.63) is 104 Å². The second kappa shape index (κ2) is 8.05. The first-order valence-electron chi connectivity index (χ1n) is 9.60. The molecule has 1 amide bonds. The molecule has 1 unspecified atom stereocenters. The van der Waals surface area contributed by atoms with E-state index in [1.165, 1.54) is 11.6 Å². The Morgan fingerprint density at radius 2 is 1.83 bits per heavy atom. The second-order valence-electron chi connectivity index (χ2n) is 6.99. The number of aromatic nitrogens is 1. The molecule has 1 N–H and O–H groups in total. The van der Waals surface area contributed by atoms with E-state index < -0.39 is 0 Å². The van der Waals surface area contributed by atoms with Crippen LogP contribution in [-0.2, 0) is 13.5 Å². The lowest BCUT2D eigenvalue weighted by molar-refractivity contribution is 0.0945. The van der Waals surface area contributed by atoms with Crippen LogP contribution in [0.5, 0.6) is 0 Å². The predicted molar refractivity (Wildman–Crippen MR) is 119 cm³/mol. The van der Waals surface area contributed by atoms with Crippen LogP contribution in [0.3, 0.4) is 0 Å². The highest BCUT2D eigenvalue weighted by molar-refractivity contribution is 7.10. The van der Waals surface area contributed by atoms with Gasteiger partial charge in [-0.3, -0.25) is 9.59 Å². The Hall–Kier alpha value is -3.18. The first kappa shape index (κ1) is 19.2. The summed E-state index contributed by atoms with van der Waals surface area (Å²) in [6, 6.07) is 20.9. The number of pyridine rings is 1. The molecule has 0 saturated heterocycles. The fourth-order valence-corrected chi connectivity index (χ4v) is 4.33. The lowest BCUT2D eigenvalue weighted by atomic mass is 10.0. The molecule has 2 heterocycles. The molecular formula is C24H22N2O2S. The zero-order valence-corrected chi connectivity index (χ0v) is 17.2. The summed E-state index contributed by atoms with van der Waals surface area (Å²) in [6.45, 7) is 2.12. The van der Waals surface area contributed by atoms with Crippen LogP contribution in [0.4, 0.5) is 0 Å². The van der Waals surface area contributed by atoms with Gasteiger partial charge in [0.1, 0.15) is 0 Å². The summed E-state index contributed by atoms with van der Waals surface area (Å²) in [5.74, 6) is -0.253. The molecule has 0 aliphatic carbocycles. The molecule has 0 fully saturated rings. The number of amides is 1. The smallest absolute Gasteiger partial charge is 0.252 e. The molecule has 2 aromatic carbocycles. The van der Waals surface area contributed by atoms with Crippen LogP contribution >= 0.6 is 11.3 Å². The quantitative estimate of drug-likeness (QED) is 0.527. The van der Waals surface area contributed by atoms with Crippen molar-refractivity contribution in [3.63, 3.8) is 0 Å². The van der Waals surface area contributed by atoms with Crippen LogP contribution in [0.1, 0.15) is 39.3 Å². The number of aryl methyl sites for hydroxylation is 2. The topological polar surface area (TPSA) is 51.1 Å². The van der Waals surface area contributed by atoms with E-state index in [9.17, 15) is 9.59 Å². The minimum absolute atomic E-state index is 0.200. The highest BCUT2D eigenvalue weighted by Gasteiger charge is 2.21. The standard InChI is InChI=1S/C24H22N2O2S/c1-3-16-10-12-17(13-11-16)23(21-9-6-14-29-21)25-24(28)19-15-22(27)26(2)20-8-5-4-7-18(19)20/h4-15,23H,3H2,1-2H3,(H,25,28). The van der Waals surface area contributed by atoms with E-state index >= 15 is 0 Å². The Balaban J connectivity index is 1.75. The number of fused-ring (bicyclic) bond motifs is 1. The van der Waals surface area contributed by atoms with Crippen molar-refractivity contribution in [1.29, 1.82) is 0 Å². The maximum Gasteiger partial charge on any atom is 0.252 e. The van der Waals surface area contributed by atoms with Crippen LogP contribution in [-0.4, -0.2) is 10.5 Å². The van der Waals surface area contributed by atoms with Crippen molar-refractivity contribution >= 4 is 28.1 Å². The number of nitrogens with zero attached hydrogens (tertiary/aromatic N) is 1. The van der Waals surface area contributed by atoms with E-state index in [1.54, 1.807) is 23.0 Å². The maximum atomic E-state index is 13.3. The summed E-state index contributed by atoms with van der Waals surface area (Å²) in [5, 5.41) is 5.92. The van der Waals surface area contributed by atoms with Gasteiger partial charge in [-0.1, -0.05) is 55.5 Å². The molecule has 0 radical (unpaired) electrons. The summed E-state index contributed by atoms with van der Waals surface area (Å²) in [5.41, 5.74) is 3.21. The third kappa shape index (κ3) is 3.74. The van der Waals surface area contributed by atoms with Crippen LogP contribution in [0, 0.1) is 0 Å². The summed E-state index contributed by atoms with van der Waals surface area (Å²) < 4.78 is 1.56. The van der Waals surface area contributed by atoms with Gasteiger partial charge >= 0.3 is 0 Å². The zero-order valence-electron chi connectivity index (χ0n) is 16.4. The van der Waals surface area contributed by atoms with Gasteiger partial charge in [0, 0.05) is 23.4 Å². The van der Waals surface area contributed by atoms with Gasteiger partial charge < -0.3 is 9.88 Å². The van der Waals surface area contributed by atoms with Crippen LogP contribution in [0.25, 0.3) is 10.9 Å². The highest BCUT2D eigenvalue weighted by Crippen LogP contribution is 2.27. The number of thiophene rings is 1. The van der Waals surface area contributed by atoms with Gasteiger partial charge in [-0.15, -0.1) is 11.3 Å². The second-order valence-corrected chi connectivity index (χ2v) is 7.97. The van der Waals surface area contributed by atoms with Gasteiger partial charge in [0.05, 0.1) is 17.1 Å². The van der Waals surface area contributed by atoms with E-state index in [0.29, 0.717) is 5.56 Å². The molecule has 5 heteroatoms. The molecular weight excluding hydrogens is 380 g/mol. The molecule has 4 nitrogen and oxygen atoms in total. The van der Waals surface area contributed by atoms with Gasteiger partial charge in [-0.25, -0.2) is 0 Å². The van der Waals surface area contributed by atoms with Crippen LogP contribution < -0.4 is 10.9 Å². The number of rotatable bonds is 5. The summed E-state index contributed by atoms with van der Waals surface area (Å²) in [6.07, 6.45) is 0.968. The van der Waals surface area contributed by atoms with Crippen molar-refractivity contribution in [2.24, 2.45) is 7.05 Å². The molecule has 1 atom stereocenters. The molecule has 0 aliphatic heterocycles. The lowest BCUT2D eigenvalue weighted by Gasteiger charge is -2.19. The Morgan fingerprint density at radius 3 is 2.52 bits per heavy atom. The van der Waals surface area contributed by atoms with E-state index in [0.717, 1.165) is 27.8 Å². The molecule has 0 spiro atoms. The molecule has 4 aromatic rings. The average molecular weight is 403 g/mol. The largest absolute Gasteiger partial charge is 0.340 e. The monoisotopic (exact) mass is 402 g/mol. The SMILES string of the molecule is CCc1ccc(C(NC(=O)c2cc(=O)n(C)c3ccccc23)c2cccs2)cc1. The Labute approximate surface area is 173 Å². The van der Waals surface area contributed by atoms with Gasteiger partial charge in [-0.2, -0.15) is 0 Å².